The molecule has 6 heteroatoms. The molecular weight excluding hydrogens is 254 g/mol. The molecule has 0 fully saturated rings. The Morgan fingerprint density at radius 2 is 2.29 bits per heavy atom. The SMILES string of the molecule is CCN(C)CCNC(=O)Cc1sc(=S)[nH]c1C. The third-order valence-corrected chi connectivity index (χ3v) is 3.94. The van der Waals surface area contributed by atoms with E-state index < -0.39 is 0 Å². The number of thiazole rings is 1. The van der Waals surface area contributed by atoms with E-state index in [4.69, 9.17) is 12.2 Å². The van der Waals surface area contributed by atoms with Crippen molar-refractivity contribution < 1.29 is 4.79 Å². The topological polar surface area (TPSA) is 48.1 Å². The first-order valence-electron chi connectivity index (χ1n) is 5.66. The highest BCUT2D eigenvalue weighted by Gasteiger charge is 2.08. The van der Waals surface area contributed by atoms with E-state index in [-0.39, 0.29) is 5.91 Å². The number of hydrogen-bond acceptors (Lipinski definition) is 4. The monoisotopic (exact) mass is 273 g/mol. The van der Waals surface area contributed by atoms with Gasteiger partial charge in [-0.1, -0.05) is 6.92 Å². The van der Waals surface area contributed by atoms with Gasteiger partial charge in [-0.25, -0.2) is 0 Å². The molecule has 96 valence electrons. The van der Waals surface area contributed by atoms with Gasteiger partial charge in [0, 0.05) is 23.7 Å². The van der Waals surface area contributed by atoms with E-state index in [0.29, 0.717) is 13.0 Å². The molecule has 0 atom stereocenters. The molecule has 0 saturated carbocycles. The molecule has 1 rings (SSSR count). The molecule has 0 aliphatic rings. The number of aromatic nitrogens is 1. The van der Waals surface area contributed by atoms with Crippen LogP contribution in [-0.2, 0) is 11.2 Å². The summed E-state index contributed by atoms with van der Waals surface area (Å²) in [7, 11) is 2.04. The molecule has 0 radical (unpaired) electrons. The summed E-state index contributed by atoms with van der Waals surface area (Å²) in [5, 5.41) is 2.91. The largest absolute Gasteiger partial charge is 0.355 e. The molecule has 0 spiro atoms. The van der Waals surface area contributed by atoms with E-state index in [1.807, 2.05) is 14.0 Å². The Balaban J connectivity index is 2.35. The van der Waals surface area contributed by atoms with Crippen LogP contribution in [0.2, 0.25) is 0 Å². The van der Waals surface area contributed by atoms with Gasteiger partial charge in [-0.2, -0.15) is 0 Å². The van der Waals surface area contributed by atoms with E-state index in [1.165, 1.54) is 11.3 Å². The van der Waals surface area contributed by atoms with E-state index in [2.05, 4.69) is 22.1 Å². The molecule has 4 nitrogen and oxygen atoms in total. The molecule has 0 bridgehead atoms. The molecule has 1 amide bonds. The zero-order chi connectivity index (χ0) is 12.8. The predicted octanol–water partition coefficient (Wildman–Crippen LogP) is 1.72. The first kappa shape index (κ1) is 14.3. The van der Waals surface area contributed by atoms with Crippen LogP contribution in [0.1, 0.15) is 17.5 Å². The number of carbonyl (C=O) groups is 1. The summed E-state index contributed by atoms with van der Waals surface area (Å²) >= 11 is 6.51. The summed E-state index contributed by atoms with van der Waals surface area (Å²) in [6, 6.07) is 0. The molecule has 0 saturated heterocycles. The van der Waals surface area contributed by atoms with E-state index in [9.17, 15) is 4.79 Å². The van der Waals surface area contributed by atoms with Crippen molar-refractivity contribution in [3.05, 3.63) is 14.5 Å². The van der Waals surface area contributed by atoms with Crippen molar-refractivity contribution in [2.45, 2.75) is 20.3 Å². The Labute approximate surface area is 111 Å². The second-order valence-electron chi connectivity index (χ2n) is 3.99. The molecule has 0 aliphatic heterocycles. The highest BCUT2D eigenvalue weighted by atomic mass is 32.1. The van der Waals surface area contributed by atoms with E-state index >= 15 is 0 Å². The second-order valence-corrected chi connectivity index (χ2v) is 5.76. The van der Waals surface area contributed by atoms with E-state index in [1.54, 1.807) is 0 Å². The van der Waals surface area contributed by atoms with Gasteiger partial charge in [0.15, 0.2) is 3.95 Å². The highest BCUT2D eigenvalue weighted by molar-refractivity contribution is 7.73. The standard InChI is InChI=1S/C11H19N3OS2/c1-4-14(3)6-5-12-10(15)7-9-8(2)13-11(16)17-9/h4-7H2,1-3H3,(H,12,15)(H,13,16). The van der Waals surface area contributed by atoms with Gasteiger partial charge < -0.3 is 15.2 Å². The first-order valence-corrected chi connectivity index (χ1v) is 6.89. The van der Waals surface area contributed by atoms with Gasteiger partial charge in [-0.3, -0.25) is 4.79 Å². The highest BCUT2D eigenvalue weighted by Crippen LogP contribution is 2.14. The number of rotatable bonds is 6. The minimum atomic E-state index is 0.0582. The first-order chi connectivity index (χ1) is 8.02. The Morgan fingerprint density at radius 1 is 1.59 bits per heavy atom. The van der Waals surface area contributed by atoms with Crippen molar-refractivity contribution in [3.63, 3.8) is 0 Å². The van der Waals surface area contributed by atoms with Crippen molar-refractivity contribution in [1.82, 2.24) is 15.2 Å². The summed E-state index contributed by atoms with van der Waals surface area (Å²) in [6.45, 7) is 6.61. The average Bonchev–Trinajstić information content (AvgIpc) is 2.57. The maximum atomic E-state index is 11.7. The maximum Gasteiger partial charge on any atom is 0.225 e. The molecule has 0 unspecified atom stereocenters. The summed E-state index contributed by atoms with van der Waals surface area (Å²) < 4.78 is 0.732. The third-order valence-electron chi connectivity index (χ3n) is 2.60. The maximum absolute atomic E-state index is 11.7. The van der Waals surface area contributed by atoms with Crippen LogP contribution < -0.4 is 5.32 Å². The lowest BCUT2D eigenvalue weighted by Gasteiger charge is -2.13. The van der Waals surface area contributed by atoms with Crippen molar-refractivity contribution in [1.29, 1.82) is 0 Å². The fourth-order valence-electron chi connectivity index (χ4n) is 1.36. The Kier molecular flexibility index (Phi) is 5.80. The average molecular weight is 273 g/mol. The summed E-state index contributed by atoms with van der Waals surface area (Å²) in [5.74, 6) is 0.0582. The Morgan fingerprint density at radius 3 is 2.82 bits per heavy atom. The minimum Gasteiger partial charge on any atom is -0.355 e. The summed E-state index contributed by atoms with van der Waals surface area (Å²) in [4.78, 5) is 17.9. The zero-order valence-corrected chi connectivity index (χ0v) is 12.1. The number of nitrogens with one attached hydrogen (secondary N) is 2. The van der Waals surface area contributed by atoms with Crippen LogP contribution in [0, 0.1) is 10.9 Å². The van der Waals surface area contributed by atoms with E-state index in [0.717, 1.165) is 27.6 Å². The molecule has 1 aromatic heterocycles. The van der Waals surface area contributed by atoms with Gasteiger partial charge in [-0.15, -0.1) is 11.3 Å². The van der Waals surface area contributed by atoms with Crippen molar-refractivity contribution in [2.75, 3.05) is 26.7 Å². The molecule has 1 heterocycles. The fraction of sp³-hybridized carbons (Fsp3) is 0.636. The van der Waals surface area contributed by atoms with Crippen LogP contribution >= 0.6 is 23.6 Å². The zero-order valence-electron chi connectivity index (χ0n) is 10.5. The fourth-order valence-corrected chi connectivity index (χ4v) is 2.65. The minimum absolute atomic E-state index is 0.0582. The Bertz CT molecular complexity index is 425. The number of nitrogens with zero attached hydrogens (tertiary/aromatic N) is 1. The predicted molar refractivity (Wildman–Crippen MR) is 74.1 cm³/mol. The number of hydrogen-bond donors (Lipinski definition) is 2. The van der Waals surface area contributed by atoms with Crippen LogP contribution in [0.5, 0.6) is 0 Å². The second kappa shape index (κ2) is 6.88. The van der Waals surface area contributed by atoms with Gasteiger partial charge in [0.2, 0.25) is 5.91 Å². The van der Waals surface area contributed by atoms with Gasteiger partial charge in [0.25, 0.3) is 0 Å². The van der Waals surface area contributed by atoms with Gasteiger partial charge >= 0.3 is 0 Å². The van der Waals surface area contributed by atoms with Crippen LogP contribution in [0.4, 0.5) is 0 Å². The van der Waals surface area contributed by atoms with Crippen molar-refractivity contribution >= 4 is 29.5 Å². The van der Waals surface area contributed by atoms with Crippen molar-refractivity contribution in [2.24, 2.45) is 0 Å². The lowest BCUT2D eigenvalue weighted by molar-refractivity contribution is -0.120. The smallest absolute Gasteiger partial charge is 0.225 e. The van der Waals surface area contributed by atoms with Crippen molar-refractivity contribution in [3.8, 4) is 0 Å². The van der Waals surface area contributed by atoms with Gasteiger partial charge in [-0.05, 0) is 32.7 Å². The number of likely N-dealkylation sites (N-methyl/N-ethyl adjacent to an activating group) is 1. The third kappa shape index (κ3) is 4.97. The lowest BCUT2D eigenvalue weighted by atomic mass is 10.3. The normalized spacial score (nSPS) is 10.8. The number of amides is 1. The molecule has 1 aromatic rings. The van der Waals surface area contributed by atoms with Crippen LogP contribution in [-0.4, -0.2) is 42.5 Å². The van der Waals surface area contributed by atoms with Gasteiger partial charge in [0.05, 0.1) is 6.42 Å². The van der Waals surface area contributed by atoms with Crippen LogP contribution in [0.3, 0.4) is 0 Å². The molecular formula is C11H19N3OS2. The number of carbonyl (C=O) groups excluding carboxylic acids is 1. The lowest BCUT2D eigenvalue weighted by Crippen LogP contribution is -2.33. The quantitative estimate of drug-likeness (QED) is 0.776. The molecule has 0 aliphatic carbocycles. The molecule has 0 aromatic carbocycles. The number of H-pyrrole nitrogens is 1. The summed E-state index contributed by atoms with van der Waals surface area (Å²) in [6.07, 6.45) is 0.416. The van der Waals surface area contributed by atoms with Gasteiger partial charge in [0.1, 0.15) is 0 Å². The molecule has 17 heavy (non-hydrogen) atoms. The molecule has 2 N–H and O–H groups in total. The van der Waals surface area contributed by atoms with Crippen LogP contribution in [0.25, 0.3) is 0 Å². The van der Waals surface area contributed by atoms with Crippen LogP contribution in [0.15, 0.2) is 0 Å². The number of aromatic amines is 1. The number of aryl methyl sites for hydroxylation is 1. The summed E-state index contributed by atoms with van der Waals surface area (Å²) in [5.41, 5.74) is 1.00. The Hall–Kier alpha value is -0.720.